The fourth-order valence-electron chi connectivity index (χ4n) is 2.15. The van der Waals surface area contributed by atoms with Crippen molar-refractivity contribution in [1.29, 1.82) is 0 Å². The Morgan fingerprint density at radius 3 is 2.88 bits per heavy atom. The summed E-state index contributed by atoms with van der Waals surface area (Å²) in [7, 11) is 0. The molecular formula is C13H21BrN2O+2. The first-order chi connectivity index (χ1) is 8.34. The van der Waals surface area contributed by atoms with E-state index in [-0.39, 0.29) is 0 Å². The number of ether oxygens (including phenoxy) is 1. The molecule has 0 radical (unpaired) electrons. The van der Waals surface area contributed by atoms with Crippen LogP contribution in [0.2, 0.25) is 0 Å². The van der Waals surface area contributed by atoms with E-state index in [0.29, 0.717) is 0 Å². The lowest BCUT2D eigenvalue weighted by molar-refractivity contribution is -0.920. The van der Waals surface area contributed by atoms with Crippen LogP contribution in [0.25, 0.3) is 0 Å². The maximum absolute atomic E-state index is 5.35. The molecule has 0 saturated carbocycles. The summed E-state index contributed by atoms with van der Waals surface area (Å²) in [6.07, 6.45) is 0. The van der Waals surface area contributed by atoms with Crippen LogP contribution in [0.5, 0.6) is 0 Å². The van der Waals surface area contributed by atoms with Gasteiger partial charge >= 0.3 is 0 Å². The quantitative estimate of drug-likeness (QED) is 0.701. The minimum Gasteiger partial charge on any atom is -0.370 e. The van der Waals surface area contributed by atoms with E-state index in [1.807, 2.05) is 0 Å². The Labute approximate surface area is 111 Å². The summed E-state index contributed by atoms with van der Waals surface area (Å²) >= 11 is 3.50. The SMILES string of the molecule is Brc1cccc(C[NH2+]CC[NH+]2CCOCC2)c1. The van der Waals surface area contributed by atoms with Crippen LogP contribution in [-0.4, -0.2) is 39.4 Å². The highest BCUT2D eigenvalue weighted by molar-refractivity contribution is 9.10. The van der Waals surface area contributed by atoms with Crippen LogP contribution >= 0.6 is 15.9 Å². The van der Waals surface area contributed by atoms with Crippen molar-refractivity contribution in [3.8, 4) is 0 Å². The van der Waals surface area contributed by atoms with Crippen LogP contribution < -0.4 is 10.2 Å². The number of hydrogen-bond donors (Lipinski definition) is 2. The summed E-state index contributed by atoms with van der Waals surface area (Å²) in [6.45, 7) is 7.72. The molecule has 0 amide bonds. The molecule has 0 bridgehead atoms. The van der Waals surface area contributed by atoms with Crippen molar-refractivity contribution in [2.75, 3.05) is 39.4 Å². The highest BCUT2D eigenvalue weighted by Crippen LogP contribution is 2.10. The van der Waals surface area contributed by atoms with Crippen molar-refractivity contribution < 1.29 is 15.0 Å². The molecule has 1 aliphatic heterocycles. The Morgan fingerprint density at radius 2 is 2.12 bits per heavy atom. The average Bonchev–Trinajstić information content (AvgIpc) is 2.36. The lowest BCUT2D eigenvalue weighted by Crippen LogP contribution is -3.16. The summed E-state index contributed by atoms with van der Waals surface area (Å²) in [5.41, 5.74) is 1.39. The standard InChI is InChI=1S/C13H19BrN2O/c14-13-3-1-2-12(10-13)11-15-4-5-16-6-8-17-9-7-16/h1-3,10,15H,4-9,11H2/p+2. The minimum absolute atomic E-state index is 0.932. The number of hydrogen-bond acceptors (Lipinski definition) is 1. The predicted octanol–water partition coefficient (Wildman–Crippen LogP) is -0.572. The molecule has 1 saturated heterocycles. The lowest BCUT2D eigenvalue weighted by Gasteiger charge is -2.22. The van der Waals surface area contributed by atoms with E-state index in [9.17, 15) is 0 Å². The zero-order valence-corrected chi connectivity index (χ0v) is 11.7. The van der Waals surface area contributed by atoms with Gasteiger partial charge in [0.05, 0.1) is 13.2 Å². The predicted molar refractivity (Wildman–Crippen MR) is 71.0 cm³/mol. The van der Waals surface area contributed by atoms with Gasteiger partial charge in [-0.1, -0.05) is 28.1 Å². The zero-order chi connectivity index (χ0) is 11.9. The summed E-state index contributed by atoms with van der Waals surface area (Å²) < 4.78 is 6.52. The lowest BCUT2D eigenvalue weighted by atomic mass is 10.2. The average molecular weight is 301 g/mol. The van der Waals surface area contributed by atoms with Gasteiger partial charge in [-0.15, -0.1) is 0 Å². The first-order valence-electron chi connectivity index (χ1n) is 6.32. The molecule has 2 rings (SSSR count). The van der Waals surface area contributed by atoms with Crippen molar-refractivity contribution in [2.24, 2.45) is 0 Å². The number of quaternary nitrogens is 2. The molecule has 0 unspecified atom stereocenters. The second-order valence-corrected chi connectivity index (χ2v) is 5.44. The van der Waals surface area contributed by atoms with Gasteiger partial charge in [0.25, 0.3) is 0 Å². The molecule has 0 aliphatic carbocycles. The number of benzene rings is 1. The highest BCUT2D eigenvalue weighted by Gasteiger charge is 2.13. The van der Waals surface area contributed by atoms with Crippen molar-refractivity contribution in [3.63, 3.8) is 0 Å². The van der Waals surface area contributed by atoms with E-state index >= 15 is 0 Å². The van der Waals surface area contributed by atoms with E-state index in [2.05, 4.69) is 45.5 Å². The van der Waals surface area contributed by atoms with E-state index in [1.54, 1.807) is 4.90 Å². The summed E-state index contributed by atoms with van der Waals surface area (Å²) in [6, 6.07) is 8.54. The maximum atomic E-state index is 5.35. The second-order valence-electron chi connectivity index (χ2n) is 4.52. The third kappa shape index (κ3) is 4.76. The van der Waals surface area contributed by atoms with Crippen LogP contribution in [0, 0.1) is 0 Å². The highest BCUT2D eigenvalue weighted by atomic mass is 79.9. The molecular weight excluding hydrogens is 280 g/mol. The molecule has 1 aliphatic rings. The Morgan fingerprint density at radius 1 is 1.29 bits per heavy atom. The van der Waals surface area contributed by atoms with Crippen molar-refractivity contribution in [1.82, 2.24) is 0 Å². The van der Waals surface area contributed by atoms with E-state index in [1.165, 1.54) is 36.2 Å². The van der Waals surface area contributed by atoms with E-state index in [0.717, 1.165) is 19.8 Å². The van der Waals surface area contributed by atoms with Crippen molar-refractivity contribution in [3.05, 3.63) is 34.3 Å². The third-order valence-corrected chi connectivity index (χ3v) is 3.66. The van der Waals surface area contributed by atoms with Gasteiger partial charge in [0.1, 0.15) is 32.7 Å². The minimum atomic E-state index is 0.932. The smallest absolute Gasteiger partial charge is 0.127 e. The fourth-order valence-corrected chi connectivity index (χ4v) is 2.60. The third-order valence-electron chi connectivity index (χ3n) is 3.17. The molecule has 1 heterocycles. The van der Waals surface area contributed by atoms with Gasteiger partial charge in [-0.3, -0.25) is 0 Å². The summed E-state index contributed by atoms with van der Waals surface area (Å²) in [5, 5.41) is 2.39. The van der Waals surface area contributed by atoms with Gasteiger partial charge < -0.3 is 15.0 Å². The molecule has 4 heteroatoms. The number of morpholine rings is 1. The fraction of sp³-hybridized carbons (Fsp3) is 0.538. The van der Waals surface area contributed by atoms with Gasteiger partial charge in [0.2, 0.25) is 0 Å². The molecule has 3 nitrogen and oxygen atoms in total. The number of rotatable bonds is 5. The maximum Gasteiger partial charge on any atom is 0.127 e. The first kappa shape index (κ1) is 13.0. The molecule has 94 valence electrons. The Bertz CT molecular complexity index is 340. The van der Waals surface area contributed by atoms with Crippen LogP contribution in [-0.2, 0) is 11.3 Å². The van der Waals surface area contributed by atoms with Crippen LogP contribution in [0.3, 0.4) is 0 Å². The molecule has 17 heavy (non-hydrogen) atoms. The van der Waals surface area contributed by atoms with Crippen LogP contribution in [0.4, 0.5) is 0 Å². The van der Waals surface area contributed by atoms with Crippen molar-refractivity contribution in [2.45, 2.75) is 6.54 Å². The first-order valence-corrected chi connectivity index (χ1v) is 7.11. The monoisotopic (exact) mass is 300 g/mol. The Balaban J connectivity index is 1.62. The molecule has 0 atom stereocenters. The second kappa shape index (κ2) is 7.11. The molecule has 0 aromatic heterocycles. The van der Waals surface area contributed by atoms with E-state index in [4.69, 9.17) is 4.74 Å². The van der Waals surface area contributed by atoms with Gasteiger partial charge in [-0.25, -0.2) is 0 Å². The van der Waals surface area contributed by atoms with Gasteiger partial charge in [0, 0.05) is 10.0 Å². The molecule has 0 spiro atoms. The Kier molecular flexibility index (Phi) is 5.45. The van der Waals surface area contributed by atoms with Gasteiger partial charge in [-0.2, -0.15) is 0 Å². The number of nitrogens with one attached hydrogen (secondary N) is 1. The topological polar surface area (TPSA) is 30.3 Å². The molecule has 3 N–H and O–H groups in total. The van der Waals surface area contributed by atoms with E-state index < -0.39 is 0 Å². The van der Waals surface area contributed by atoms with Crippen LogP contribution in [0.1, 0.15) is 5.56 Å². The molecule has 1 aromatic carbocycles. The van der Waals surface area contributed by atoms with Gasteiger partial charge in [-0.05, 0) is 12.1 Å². The Hall–Kier alpha value is -0.420. The largest absolute Gasteiger partial charge is 0.370 e. The summed E-state index contributed by atoms with van der Waals surface area (Å²) in [5.74, 6) is 0. The number of halogens is 1. The molecule has 1 aromatic rings. The van der Waals surface area contributed by atoms with Crippen LogP contribution in [0.15, 0.2) is 28.7 Å². The number of nitrogens with two attached hydrogens (primary N) is 1. The summed E-state index contributed by atoms with van der Waals surface area (Å²) in [4.78, 5) is 1.68. The molecule has 1 fully saturated rings. The van der Waals surface area contributed by atoms with Gasteiger partial charge in [0.15, 0.2) is 0 Å². The van der Waals surface area contributed by atoms with Crippen molar-refractivity contribution >= 4 is 15.9 Å². The zero-order valence-electron chi connectivity index (χ0n) is 10.1. The normalized spacial score (nSPS) is 17.2.